The number of anilines is 2. The summed E-state index contributed by atoms with van der Waals surface area (Å²) in [5.74, 6) is 0.0373. The Labute approximate surface area is 188 Å². The Morgan fingerprint density at radius 1 is 1.12 bits per heavy atom. The largest absolute Gasteiger partial charge is 0.371 e. The van der Waals surface area contributed by atoms with Gasteiger partial charge in [0.05, 0.1) is 6.42 Å². The van der Waals surface area contributed by atoms with E-state index in [1.807, 2.05) is 39.0 Å². The minimum Gasteiger partial charge on any atom is -0.371 e. The Hall–Kier alpha value is -3.20. The van der Waals surface area contributed by atoms with Crippen molar-refractivity contribution in [2.24, 2.45) is 0 Å². The maximum Gasteiger partial charge on any atom is 0.326 e. The average Bonchev–Trinajstić information content (AvgIpc) is 2.78. The number of nitrogens with one attached hydrogen (secondary N) is 3. The fourth-order valence-corrected chi connectivity index (χ4v) is 3.32. The molecular weight excluding hydrogens is 408 g/mol. The third-order valence-electron chi connectivity index (χ3n) is 4.95. The summed E-state index contributed by atoms with van der Waals surface area (Å²) in [6.45, 7) is 7.65. The van der Waals surface area contributed by atoms with Crippen molar-refractivity contribution < 1.29 is 14.4 Å². The Balaban J connectivity index is 1.44. The Morgan fingerprint density at radius 2 is 1.84 bits per heavy atom. The summed E-state index contributed by atoms with van der Waals surface area (Å²) in [5.41, 5.74) is 3.94. The first-order valence-corrected chi connectivity index (χ1v) is 10.9. The normalized spacial score (nSPS) is 14.7. The highest BCUT2D eigenvalue weighted by Crippen LogP contribution is 2.22. The van der Waals surface area contributed by atoms with Crippen LogP contribution in [-0.2, 0) is 9.63 Å². The van der Waals surface area contributed by atoms with Crippen molar-refractivity contribution >= 4 is 23.5 Å². The number of piperidine rings is 1. The number of amides is 1. The molecule has 1 aliphatic heterocycles. The van der Waals surface area contributed by atoms with Crippen molar-refractivity contribution in [2.45, 2.75) is 51.6 Å². The minimum atomic E-state index is -0.411. The van der Waals surface area contributed by atoms with Crippen LogP contribution in [0.15, 0.2) is 42.7 Å². The van der Waals surface area contributed by atoms with Gasteiger partial charge in [-0.3, -0.25) is 9.59 Å². The molecule has 0 spiro atoms. The van der Waals surface area contributed by atoms with Gasteiger partial charge in [0.1, 0.15) is 0 Å². The van der Waals surface area contributed by atoms with Crippen LogP contribution >= 0.6 is 0 Å². The van der Waals surface area contributed by atoms with E-state index in [1.54, 1.807) is 24.5 Å². The van der Waals surface area contributed by atoms with Crippen molar-refractivity contribution in [2.75, 3.05) is 29.9 Å². The molecule has 172 valence electrons. The molecule has 1 aliphatic rings. The van der Waals surface area contributed by atoms with Gasteiger partial charge in [-0.1, -0.05) is 6.07 Å². The van der Waals surface area contributed by atoms with Crippen LogP contribution in [0.4, 0.5) is 11.6 Å². The molecular formula is C23H32N6O3. The van der Waals surface area contributed by atoms with Crippen LogP contribution in [0.1, 0.15) is 50.4 Å². The number of carbonyl (C=O) groups excluding carboxylic acids is 2. The molecule has 1 aromatic carbocycles. The lowest BCUT2D eigenvalue weighted by molar-refractivity contribution is -0.154. The molecule has 32 heavy (non-hydrogen) atoms. The van der Waals surface area contributed by atoms with Gasteiger partial charge in [0.25, 0.3) is 5.91 Å². The number of hydroxylamine groups is 1. The lowest BCUT2D eigenvalue weighted by Gasteiger charge is -2.34. The van der Waals surface area contributed by atoms with E-state index >= 15 is 0 Å². The van der Waals surface area contributed by atoms with Gasteiger partial charge in [-0.25, -0.2) is 9.97 Å². The van der Waals surface area contributed by atoms with Crippen LogP contribution in [0.5, 0.6) is 0 Å². The minimum absolute atomic E-state index is 0.0974. The van der Waals surface area contributed by atoms with Crippen LogP contribution in [-0.4, -0.2) is 53.1 Å². The number of benzene rings is 1. The van der Waals surface area contributed by atoms with Gasteiger partial charge in [0, 0.05) is 54.9 Å². The summed E-state index contributed by atoms with van der Waals surface area (Å²) in [5, 5.41) is 6.16. The first-order chi connectivity index (χ1) is 15.3. The molecule has 9 nitrogen and oxygen atoms in total. The van der Waals surface area contributed by atoms with E-state index in [1.165, 1.54) is 0 Å². The molecule has 0 bridgehead atoms. The quantitative estimate of drug-likeness (QED) is 0.538. The lowest BCUT2D eigenvalue weighted by Crippen LogP contribution is -2.39. The van der Waals surface area contributed by atoms with Gasteiger partial charge >= 0.3 is 5.97 Å². The van der Waals surface area contributed by atoms with Gasteiger partial charge in [0.15, 0.2) is 0 Å². The number of carbonyl (C=O) groups is 2. The van der Waals surface area contributed by atoms with Crippen molar-refractivity contribution in [3.63, 3.8) is 0 Å². The number of aromatic nitrogens is 2. The predicted molar refractivity (Wildman–Crippen MR) is 123 cm³/mol. The molecule has 0 atom stereocenters. The molecule has 3 rings (SSSR count). The highest BCUT2D eigenvalue weighted by atomic mass is 16.7. The second kappa shape index (κ2) is 10.9. The monoisotopic (exact) mass is 440 g/mol. The first-order valence-electron chi connectivity index (χ1n) is 10.9. The summed E-state index contributed by atoms with van der Waals surface area (Å²) in [6, 6.07) is 9.69. The van der Waals surface area contributed by atoms with E-state index in [0.29, 0.717) is 17.6 Å². The molecule has 1 saturated heterocycles. The van der Waals surface area contributed by atoms with E-state index in [9.17, 15) is 9.59 Å². The molecule has 0 aliphatic carbocycles. The molecule has 0 saturated carbocycles. The fraction of sp³-hybridized carbons (Fsp3) is 0.478. The zero-order chi connectivity index (χ0) is 23.0. The second-order valence-corrected chi connectivity index (χ2v) is 8.86. The Kier molecular flexibility index (Phi) is 7.99. The maximum atomic E-state index is 12.5. The van der Waals surface area contributed by atoms with Crippen LogP contribution in [0.2, 0.25) is 0 Å². The van der Waals surface area contributed by atoms with Gasteiger partial charge in [-0.15, -0.1) is 5.48 Å². The smallest absolute Gasteiger partial charge is 0.326 e. The van der Waals surface area contributed by atoms with Crippen molar-refractivity contribution in [3.8, 4) is 0 Å². The lowest BCUT2D eigenvalue weighted by atomic mass is 10.0. The van der Waals surface area contributed by atoms with Crippen molar-refractivity contribution in [3.05, 3.63) is 48.3 Å². The van der Waals surface area contributed by atoms with Crippen LogP contribution in [0, 0.1) is 0 Å². The Morgan fingerprint density at radius 3 is 2.53 bits per heavy atom. The van der Waals surface area contributed by atoms with Crippen molar-refractivity contribution in [1.29, 1.82) is 0 Å². The molecule has 3 N–H and O–H groups in total. The van der Waals surface area contributed by atoms with E-state index in [0.717, 1.165) is 31.6 Å². The maximum absolute atomic E-state index is 12.5. The van der Waals surface area contributed by atoms with E-state index in [4.69, 9.17) is 4.84 Å². The topological polar surface area (TPSA) is 108 Å². The summed E-state index contributed by atoms with van der Waals surface area (Å²) in [4.78, 5) is 40.0. The number of rotatable bonds is 8. The zero-order valence-corrected chi connectivity index (χ0v) is 18.9. The number of nitrogens with zero attached hydrogens (tertiary/aromatic N) is 3. The summed E-state index contributed by atoms with van der Waals surface area (Å²) in [6.07, 6.45) is 5.47. The second-order valence-electron chi connectivity index (χ2n) is 8.86. The standard InChI is InChI=1S/C23H32N6O3/c1-23(2,3)28-32-20(30)8-13-24-21(31)17-6-4-7-19(16-17)29-14-9-18(10-15-29)27-22-25-11-5-12-26-22/h4-7,11-12,16,18,28H,8-10,13-15H2,1-3H3,(H,24,31)(H,25,26,27). The Bertz CT molecular complexity index is 892. The molecule has 9 heteroatoms. The number of hydrogen-bond acceptors (Lipinski definition) is 8. The average molecular weight is 441 g/mol. The molecule has 1 fully saturated rings. The van der Waals surface area contributed by atoms with Gasteiger partial charge in [-0.2, -0.15) is 0 Å². The highest BCUT2D eigenvalue weighted by molar-refractivity contribution is 5.95. The van der Waals surface area contributed by atoms with E-state index in [-0.39, 0.29) is 24.4 Å². The third-order valence-corrected chi connectivity index (χ3v) is 4.95. The third kappa shape index (κ3) is 7.49. The van der Waals surface area contributed by atoms with Gasteiger partial charge in [0.2, 0.25) is 5.95 Å². The molecule has 0 radical (unpaired) electrons. The predicted octanol–water partition coefficient (Wildman–Crippen LogP) is 2.52. The summed E-state index contributed by atoms with van der Waals surface area (Å²) < 4.78 is 0. The molecule has 1 amide bonds. The molecule has 1 aromatic heterocycles. The number of hydrogen-bond donors (Lipinski definition) is 3. The molecule has 0 unspecified atom stereocenters. The highest BCUT2D eigenvalue weighted by Gasteiger charge is 2.21. The van der Waals surface area contributed by atoms with Crippen molar-refractivity contribution in [1.82, 2.24) is 20.8 Å². The molecule has 2 heterocycles. The van der Waals surface area contributed by atoms with Crippen LogP contribution in [0.3, 0.4) is 0 Å². The van der Waals surface area contributed by atoms with Gasteiger partial charge < -0.3 is 20.4 Å². The van der Waals surface area contributed by atoms with Crippen LogP contribution < -0.4 is 21.0 Å². The molecule has 2 aromatic rings. The summed E-state index contributed by atoms with van der Waals surface area (Å²) >= 11 is 0. The van der Waals surface area contributed by atoms with E-state index < -0.39 is 5.97 Å². The zero-order valence-electron chi connectivity index (χ0n) is 18.9. The van der Waals surface area contributed by atoms with E-state index in [2.05, 4.69) is 31.0 Å². The van der Waals surface area contributed by atoms with Gasteiger partial charge in [-0.05, 0) is 57.9 Å². The SMILES string of the molecule is CC(C)(C)NOC(=O)CCNC(=O)c1cccc(N2CCC(Nc3ncccn3)CC2)c1. The fourth-order valence-electron chi connectivity index (χ4n) is 3.32. The first kappa shape index (κ1) is 23.5. The van der Waals surface area contributed by atoms with Crippen LogP contribution in [0.25, 0.3) is 0 Å². The summed E-state index contributed by atoms with van der Waals surface area (Å²) in [7, 11) is 0.